The SMILES string of the molecule is C1CCOC1.C1CO1.CN(C)CCCOCCOCCC[O-].CN(C)CCCOCC[O-].[K+].[K+]. The summed E-state index contributed by atoms with van der Waals surface area (Å²) in [5.74, 6) is 0. The molecule has 0 saturated carbocycles. The van der Waals surface area contributed by atoms with Crippen LogP contribution in [0.15, 0.2) is 0 Å². The van der Waals surface area contributed by atoms with Gasteiger partial charge in [-0.15, -0.1) is 13.2 Å². The van der Waals surface area contributed by atoms with Crippen LogP contribution in [0.1, 0.15) is 32.1 Å². The Labute approximate surface area is 294 Å². The molecule has 2 heterocycles. The maximum Gasteiger partial charge on any atom is 1.00 e. The van der Waals surface area contributed by atoms with E-state index in [9.17, 15) is 10.2 Å². The van der Waals surface area contributed by atoms with Gasteiger partial charge in [0.15, 0.2) is 0 Å². The van der Waals surface area contributed by atoms with Gasteiger partial charge in [0.1, 0.15) is 0 Å². The number of hydrogen-bond donors (Lipinski definition) is 0. The molecule has 0 unspecified atom stereocenters. The van der Waals surface area contributed by atoms with E-state index in [0.29, 0.717) is 39.5 Å². The molecule has 0 atom stereocenters. The van der Waals surface area contributed by atoms with Crippen LogP contribution in [0.4, 0.5) is 0 Å². The van der Waals surface area contributed by atoms with Gasteiger partial charge in [-0.25, -0.2) is 0 Å². The van der Waals surface area contributed by atoms with Crippen LogP contribution < -0.4 is 113 Å². The van der Waals surface area contributed by atoms with Crippen LogP contribution in [0.5, 0.6) is 0 Å². The predicted molar refractivity (Wildman–Crippen MR) is 124 cm³/mol. The van der Waals surface area contributed by atoms with Crippen LogP contribution in [0.3, 0.4) is 0 Å². The van der Waals surface area contributed by atoms with Crippen LogP contribution in [0.25, 0.3) is 0 Å². The third-order valence-electron chi connectivity index (χ3n) is 3.85. The van der Waals surface area contributed by atoms with Crippen molar-refractivity contribution in [2.75, 3.05) is 121 Å². The van der Waals surface area contributed by atoms with Crippen LogP contribution in [0.2, 0.25) is 0 Å². The number of epoxide rings is 1. The van der Waals surface area contributed by atoms with Gasteiger partial charge < -0.3 is 43.7 Å². The second-order valence-electron chi connectivity index (χ2n) is 7.84. The molecule has 11 heteroatoms. The quantitative estimate of drug-likeness (QED) is 0.107. The maximum absolute atomic E-state index is 10.1. The first kappa shape index (κ1) is 43.9. The maximum atomic E-state index is 10.1. The van der Waals surface area contributed by atoms with Crippen molar-refractivity contribution in [3.63, 3.8) is 0 Å². The second-order valence-corrected chi connectivity index (χ2v) is 7.84. The van der Waals surface area contributed by atoms with E-state index in [1.807, 2.05) is 28.2 Å². The molecule has 2 aliphatic heterocycles. The zero-order valence-electron chi connectivity index (χ0n) is 23.2. The molecule has 196 valence electrons. The Hall–Kier alpha value is 2.91. The summed E-state index contributed by atoms with van der Waals surface area (Å²) in [6.07, 6.45) is 5.21. The van der Waals surface area contributed by atoms with E-state index in [-0.39, 0.29) is 116 Å². The van der Waals surface area contributed by atoms with Gasteiger partial charge in [-0.1, -0.05) is 0 Å². The molecule has 0 aliphatic carbocycles. The Kier molecular flexibility index (Phi) is 52.2. The van der Waals surface area contributed by atoms with Crippen molar-refractivity contribution < 1.29 is 137 Å². The van der Waals surface area contributed by atoms with E-state index in [1.54, 1.807) is 0 Å². The minimum absolute atomic E-state index is 0. The molecule has 0 aromatic heterocycles. The zero-order valence-corrected chi connectivity index (χ0v) is 29.4. The van der Waals surface area contributed by atoms with Crippen molar-refractivity contribution in [3.05, 3.63) is 0 Å². The van der Waals surface area contributed by atoms with E-state index in [2.05, 4.69) is 14.5 Å². The van der Waals surface area contributed by atoms with Gasteiger partial charge >= 0.3 is 103 Å². The molecule has 0 aromatic carbocycles. The van der Waals surface area contributed by atoms with Crippen LogP contribution in [-0.4, -0.2) is 130 Å². The Morgan fingerprint density at radius 2 is 0.971 bits per heavy atom. The predicted octanol–water partition coefficient (Wildman–Crippen LogP) is -6.14. The monoisotopic (exact) mass is 544 g/mol. The minimum Gasteiger partial charge on any atom is -0.854 e. The van der Waals surface area contributed by atoms with Crippen LogP contribution in [-0.2, 0) is 23.7 Å². The molecule has 0 N–H and O–H groups in total. The molecule has 2 rings (SSSR count). The van der Waals surface area contributed by atoms with Crippen molar-refractivity contribution >= 4 is 0 Å². The van der Waals surface area contributed by atoms with Crippen LogP contribution >= 0.6 is 0 Å². The van der Waals surface area contributed by atoms with Gasteiger partial charge in [0.2, 0.25) is 0 Å². The average Bonchev–Trinajstić information content (AvgIpc) is 3.53. The number of hydrogen-bond acceptors (Lipinski definition) is 9. The van der Waals surface area contributed by atoms with Crippen molar-refractivity contribution in [1.29, 1.82) is 0 Å². The van der Waals surface area contributed by atoms with E-state index in [1.165, 1.54) is 12.8 Å². The Morgan fingerprint density at radius 3 is 1.26 bits per heavy atom. The molecule has 0 aromatic rings. The largest absolute Gasteiger partial charge is 1.00 e. The normalized spacial score (nSPS) is 13.4. The van der Waals surface area contributed by atoms with Gasteiger partial charge in [-0.3, -0.25) is 0 Å². The first-order chi connectivity index (χ1) is 15.5. The Bertz CT molecular complexity index is 319. The van der Waals surface area contributed by atoms with Crippen molar-refractivity contribution in [1.82, 2.24) is 9.80 Å². The topological polar surface area (TPSA) is 102 Å². The fourth-order valence-corrected chi connectivity index (χ4v) is 2.12. The first-order valence-corrected chi connectivity index (χ1v) is 11.9. The smallest absolute Gasteiger partial charge is 0.854 e. The van der Waals surface area contributed by atoms with Crippen molar-refractivity contribution in [2.45, 2.75) is 32.1 Å². The summed E-state index contributed by atoms with van der Waals surface area (Å²) in [6.45, 7) is 9.54. The summed E-state index contributed by atoms with van der Waals surface area (Å²) in [5.41, 5.74) is 0. The molecule has 2 aliphatic rings. The first-order valence-electron chi connectivity index (χ1n) is 11.9. The Balaban J connectivity index is -0.000000194. The Morgan fingerprint density at radius 1 is 0.559 bits per heavy atom. The standard InChI is InChI=1S/C10H22NO3.C7H16NO2.C4H8O.C2H4O.2K/c1-11(2)5-3-7-13-9-10-14-8-4-6-12;1-8(2)4-3-6-10-7-5-9;1-2-4-5-3-1;1-2-3-1;;/h3-10H2,1-2H3;3-7H2,1-2H3;1-4H2;1-2H2;;/q2*-1;;;2*+1. The molecular formula is C23H50K2N2O7. The molecule has 0 radical (unpaired) electrons. The average molecular weight is 545 g/mol. The van der Waals surface area contributed by atoms with Gasteiger partial charge in [-0.05, 0) is 73.4 Å². The van der Waals surface area contributed by atoms with Gasteiger partial charge in [0.25, 0.3) is 0 Å². The number of rotatable bonds is 16. The fourth-order valence-electron chi connectivity index (χ4n) is 2.12. The molecule has 34 heavy (non-hydrogen) atoms. The van der Waals surface area contributed by atoms with Crippen LogP contribution in [0, 0.1) is 0 Å². The second kappa shape index (κ2) is 40.4. The number of ether oxygens (including phenoxy) is 5. The van der Waals surface area contributed by atoms with Gasteiger partial charge in [0, 0.05) is 39.6 Å². The summed E-state index contributed by atoms with van der Waals surface area (Å²) >= 11 is 0. The zero-order chi connectivity index (χ0) is 24.1. The van der Waals surface area contributed by atoms with E-state index in [0.717, 1.165) is 59.0 Å². The molecule has 2 fully saturated rings. The van der Waals surface area contributed by atoms with E-state index < -0.39 is 0 Å². The third kappa shape index (κ3) is 55.4. The summed E-state index contributed by atoms with van der Waals surface area (Å²) in [6, 6.07) is 0. The molecule has 2 saturated heterocycles. The molecular weight excluding hydrogens is 494 g/mol. The van der Waals surface area contributed by atoms with Gasteiger partial charge in [-0.2, -0.15) is 0 Å². The van der Waals surface area contributed by atoms with Gasteiger partial charge in [0.05, 0.1) is 26.4 Å². The number of nitrogens with zero attached hydrogens (tertiary/aromatic N) is 2. The summed E-state index contributed by atoms with van der Waals surface area (Å²) in [4.78, 5) is 4.23. The molecule has 9 nitrogen and oxygen atoms in total. The minimum atomic E-state index is -0.123. The fraction of sp³-hybridized carbons (Fsp3) is 1.00. The third-order valence-corrected chi connectivity index (χ3v) is 3.85. The van der Waals surface area contributed by atoms with Crippen molar-refractivity contribution in [2.24, 2.45) is 0 Å². The summed E-state index contributed by atoms with van der Waals surface area (Å²) in [5, 5.41) is 19.9. The molecule has 0 spiro atoms. The van der Waals surface area contributed by atoms with E-state index in [4.69, 9.17) is 18.9 Å². The van der Waals surface area contributed by atoms with Crippen molar-refractivity contribution in [3.8, 4) is 0 Å². The van der Waals surface area contributed by atoms with E-state index >= 15 is 0 Å². The summed E-state index contributed by atoms with van der Waals surface area (Å²) < 4.78 is 24.9. The summed E-state index contributed by atoms with van der Waals surface area (Å²) in [7, 11) is 8.14. The molecule has 0 bridgehead atoms. The molecule has 0 amide bonds.